The zero-order valence-corrected chi connectivity index (χ0v) is 10.1. The fraction of sp³-hybridized carbons (Fsp3) is 0.538. The first-order valence-electron chi connectivity index (χ1n) is 5.87. The Kier molecular flexibility index (Phi) is 6.04. The molecule has 0 atom stereocenters. The number of rotatable bonds is 7. The van der Waals surface area contributed by atoms with Gasteiger partial charge in [-0.05, 0) is 30.7 Å². The minimum Gasteiger partial charge on any atom is -0.315 e. The molecular weight excluding hydrogens is 203 g/mol. The van der Waals surface area contributed by atoms with E-state index < -0.39 is 0 Å². The number of hydrogen-bond acceptors (Lipinski definition) is 2. The molecule has 0 saturated heterocycles. The molecule has 0 fully saturated rings. The average Bonchev–Trinajstić information content (AvgIpc) is 2.25. The van der Waals surface area contributed by atoms with Crippen LogP contribution in [-0.2, 0) is 6.42 Å². The van der Waals surface area contributed by atoms with E-state index in [0.717, 1.165) is 26.1 Å². The SMILES string of the molecule is CC(C)NCCNCCc1ccc(F)cc1. The van der Waals surface area contributed by atoms with Crippen LogP contribution in [0.15, 0.2) is 24.3 Å². The molecule has 2 N–H and O–H groups in total. The third-order valence-corrected chi connectivity index (χ3v) is 2.36. The van der Waals surface area contributed by atoms with Crippen molar-refractivity contribution in [2.75, 3.05) is 19.6 Å². The molecule has 16 heavy (non-hydrogen) atoms. The Hall–Kier alpha value is -0.930. The normalized spacial score (nSPS) is 11.0. The lowest BCUT2D eigenvalue weighted by Crippen LogP contribution is -2.32. The number of hydrogen-bond donors (Lipinski definition) is 2. The molecule has 1 aromatic carbocycles. The van der Waals surface area contributed by atoms with Gasteiger partial charge in [0.1, 0.15) is 5.82 Å². The highest BCUT2D eigenvalue weighted by atomic mass is 19.1. The summed E-state index contributed by atoms with van der Waals surface area (Å²) in [6, 6.07) is 7.23. The summed E-state index contributed by atoms with van der Waals surface area (Å²) in [5, 5.41) is 6.69. The van der Waals surface area contributed by atoms with Gasteiger partial charge >= 0.3 is 0 Å². The molecule has 0 bridgehead atoms. The van der Waals surface area contributed by atoms with Crippen LogP contribution in [0, 0.1) is 5.82 Å². The number of nitrogens with one attached hydrogen (secondary N) is 2. The first-order valence-corrected chi connectivity index (χ1v) is 5.87. The summed E-state index contributed by atoms with van der Waals surface area (Å²) in [5.74, 6) is -0.169. The molecular formula is C13H21FN2. The largest absolute Gasteiger partial charge is 0.315 e. The molecule has 0 aromatic heterocycles. The van der Waals surface area contributed by atoms with Gasteiger partial charge in [0, 0.05) is 19.1 Å². The molecule has 0 aliphatic carbocycles. The van der Waals surface area contributed by atoms with Gasteiger partial charge in [-0.1, -0.05) is 26.0 Å². The van der Waals surface area contributed by atoms with Crippen molar-refractivity contribution < 1.29 is 4.39 Å². The molecule has 0 aliphatic rings. The minimum absolute atomic E-state index is 0.169. The minimum atomic E-state index is -0.169. The maximum atomic E-state index is 12.6. The van der Waals surface area contributed by atoms with Crippen LogP contribution in [-0.4, -0.2) is 25.7 Å². The summed E-state index contributed by atoms with van der Waals surface area (Å²) in [7, 11) is 0. The van der Waals surface area contributed by atoms with E-state index in [1.807, 2.05) is 12.1 Å². The van der Waals surface area contributed by atoms with E-state index in [1.54, 1.807) is 0 Å². The standard InChI is InChI=1S/C13H21FN2/c1-11(2)16-10-9-15-8-7-12-3-5-13(14)6-4-12/h3-6,11,15-16H,7-10H2,1-2H3. The smallest absolute Gasteiger partial charge is 0.123 e. The highest BCUT2D eigenvalue weighted by molar-refractivity contribution is 5.16. The van der Waals surface area contributed by atoms with Crippen LogP contribution in [0.1, 0.15) is 19.4 Å². The van der Waals surface area contributed by atoms with Gasteiger partial charge in [-0.2, -0.15) is 0 Å². The Morgan fingerprint density at radius 2 is 1.75 bits per heavy atom. The lowest BCUT2D eigenvalue weighted by Gasteiger charge is -2.08. The molecule has 90 valence electrons. The van der Waals surface area contributed by atoms with E-state index in [0.29, 0.717) is 6.04 Å². The first-order chi connectivity index (χ1) is 7.68. The van der Waals surface area contributed by atoms with Crippen LogP contribution in [0.25, 0.3) is 0 Å². The fourth-order valence-corrected chi connectivity index (χ4v) is 1.46. The molecule has 0 saturated carbocycles. The third-order valence-electron chi connectivity index (χ3n) is 2.36. The molecule has 0 spiro atoms. The van der Waals surface area contributed by atoms with E-state index in [9.17, 15) is 4.39 Å². The lowest BCUT2D eigenvalue weighted by molar-refractivity contribution is 0.556. The predicted molar refractivity (Wildman–Crippen MR) is 66.1 cm³/mol. The zero-order valence-electron chi connectivity index (χ0n) is 10.1. The molecule has 0 aliphatic heterocycles. The van der Waals surface area contributed by atoms with Crippen molar-refractivity contribution in [1.82, 2.24) is 10.6 Å². The molecule has 2 nitrogen and oxygen atoms in total. The van der Waals surface area contributed by atoms with Gasteiger partial charge in [-0.3, -0.25) is 0 Å². The summed E-state index contributed by atoms with van der Waals surface area (Å²) in [6.07, 6.45) is 0.946. The Morgan fingerprint density at radius 3 is 2.38 bits per heavy atom. The van der Waals surface area contributed by atoms with Crippen molar-refractivity contribution in [3.63, 3.8) is 0 Å². The van der Waals surface area contributed by atoms with Gasteiger partial charge in [0.05, 0.1) is 0 Å². The van der Waals surface area contributed by atoms with E-state index >= 15 is 0 Å². The fourth-order valence-electron chi connectivity index (χ4n) is 1.46. The predicted octanol–water partition coefficient (Wildman–Crippen LogP) is 1.96. The molecule has 0 heterocycles. The van der Waals surface area contributed by atoms with Crippen molar-refractivity contribution in [2.24, 2.45) is 0 Å². The van der Waals surface area contributed by atoms with E-state index in [4.69, 9.17) is 0 Å². The quantitative estimate of drug-likeness (QED) is 0.692. The van der Waals surface area contributed by atoms with Crippen molar-refractivity contribution in [1.29, 1.82) is 0 Å². The average molecular weight is 224 g/mol. The summed E-state index contributed by atoms with van der Waals surface area (Å²) in [5.41, 5.74) is 1.17. The van der Waals surface area contributed by atoms with Crippen LogP contribution >= 0.6 is 0 Å². The monoisotopic (exact) mass is 224 g/mol. The van der Waals surface area contributed by atoms with Gasteiger partial charge in [0.15, 0.2) is 0 Å². The first kappa shape index (κ1) is 13.1. The van der Waals surface area contributed by atoms with Gasteiger partial charge in [0.25, 0.3) is 0 Å². The second-order valence-corrected chi connectivity index (χ2v) is 4.24. The van der Waals surface area contributed by atoms with Crippen molar-refractivity contribution in [2.45, 2.75) is 26.3 Å². The van der Waals surface area contributed by atoms with Crippen molar-refractivity contribution >= 4 is 0 Å². The maximum Gasteiger partial charge on any atom is 0.123 e. The Bertz CT molecular complexity index is 282. The molecule has 3 heteroatoms. The van der Waals surface area contributed by atoms with Gasteiger partial charge in [0.2, 0.25) is 0 Å². The highest BCUT2D eigenvalue weighted by Gasteiger charge is 1.94. The van der Waals surface area contributed by atoms with Gasteiger partial charge in [-0.25, -0.2) is 4.39 Å². The van der Waals surface area contributed by atoms with E-state index in [1.165, 1.54) is 17.7 Å². The summed E-state index contributed by atoms with van der Waals surface area (Å²) in [4.78, 5) is 0. The third kappa shape index (κ3) is 5.83. The van der Waals surface area contributed by atoms with Crippen LogP contribution < -0.4 is 10.6 Å². The van der Waals surface area contributed by atoms with Crippen molar-refractivity contribution in [3.05, 3.63) is 35.6 Å². The molecule has 0 radical (unpaired) electrons. The number of halogens is 1. The van der Waals surface area contributed by atoms with Gasteiger partial charge < -0.3 is 10.6 Å². The molecule has 0 unspecified atom stereocenters. The van der Waals surface area contributed by atoms with E-state index in [-0.39, 0.29) is 5.82 Å². The topological polar surface area (TPSA) is 24.1 Å². The Labute approximate surface area is 97.3 Å². The summed E-state index contributed by atoms with van der Waals surface area (Å²) < 4.78 is 12.6. The number of benzene rings is 1. The molecule has 1 rings (SSSR count). The van der Waals surface area contributed by atoms with Crippen LogP contribution in [0.2, 0.25) is 0 Å². The maximum absolute atomic E-state index is 12.6. The molecule has 0 amide bonds. The second kappa shape index (κ2) is 7.36. The highest BCUT2D eigenvalue weighted by Crippen LogP contribution is 2.02. The van der Waals surface area contributed by atoms with Gasteiger partial charge in [-0.15, -0.1) is 0 Å². The van der Waals surface area contributed by atoms with Crippen LogP contribution in [0.5, 0.6) is 0 Å². The van der Waals surface area contributed by atoms with Crippen LogP contribution in [0.4, 0.5) is 4.39 Å². The zero-order chi connectivity index (χ0) is 11.8. The Balaban J connectivity index is 2.05. The summed E-state index contributed by atoms with van der Waals surface area (Å²) in [6.45, 7) is 7.17. The van der Waals surface area contributed by atoms with E-state index in [2.05, 4.69) is 24.5 Å². The Morgan fingerprint density at radius 1 is 1.06 bits per heavy atom. The van der Waals surface area contributed by atoms with Crippen molar-refractivity contribution in [3.8, 4) is 0 Å². The van der Waals surface area contributed by atoms with Crippen LogP contribution in [0.3, 0.4) is 0 Å². The summed E-state index contributed by atoms with van der Waals surface area (Å²) >= 11 is 0. The molecule has 1 aromatic rings. The second-order valence-electron chi connectivity index (χ2n) is 4.24. The lowest BCUT2D eigenvalue weighted by atomic mass is 10.1.